The van der Waals surface area contributed by atoms with Gasteiger partial charge in [-0.05, 0) is 57.9 Å². The third-order valence-corrected chi connectivity index (χ3v) is 5.15. The van der Waals surface area contributed by atoms with Crippen LogP contribution in [0.25, 0.3) is 0 Å². The number of amides is 2. The number of benzene rings is 3. The summed E-state index contributed by atoms with van der Waals surface area (Å²) in [5.74, 6) is -0.467. The van der Waals surface area contributed by atoms with Gasteiger partial charge in [-0.2, -0.15) is 0 Å². The Labute approximate surface area is 177 Å². The van der Waals surface area contributed by atoms with Gasteiger partial charge in [0.05, 0.1) is 16.8 Å². The lowest BCUT2D eigenvalue weighted by Gasteiger charge is -2.19. The summed E-state index contributed by atoms with van der Waals surface area (Å²) < 4.78 is 0.691. The molecule has 3 aromatic carbocycles. The van der Waals surface area contributed by atoms with Crippen LogP contribution in [0, 0.1) is 0 Å². The van der Waals surface area contributed by atoms with Crippen molar-refractivity contribution in [2.45, 2.75) is 6.54 Å². The molecule has 0 unspecified atom stereocenters. The average Bonchev–Trinajstić information content (AvgIpc) is 2.70. The molecule has 2 amide bonds. The molecule has 1 N–H and O–H groups in total. The Bertz CT molecular complexity index is 1010. The Balaban J connectivity index is 1.79. The maximum atomic E-state index is 13.0. The van der Waals surface area contributed by atoms with E-state index in [1.807, 2.05) is 18.2 Å². The fraction of sp³-hybridized carbons (Fsp3) is 0.0909. The van der Waals surface area contributed by atoms with Crippen molar-refractivity contribution >= 4 is 45.0 Å². The number of hydrogen-bond acceptors (Lipinski definition) is 2. The highest BCUT2D eigenvalue weighted by Gasteiger charge is 2.18. The first-order valence-electron chi connectivity index (χ1n) is 8.60. The molecular weight excluding hydrogens is 440 g/mol. The zero-order valence-electron chi connectivity index (χ0n) is 15.2. The van der Waals surface area contributed by atoms with Crippen LogP contribution in [0.1, 0.15) is 26.3 Å². The molecule has 142 valence electrons. The van der Waals surface area contributed by atoms with Crippen molar-refractivity contribution < 1.29 is 9.59 Å². The minimum Gasteiger partial charge on any atom is -0.337 e. The number of anilines is 1. The minimum absolute atomic E-state index is 0.182. The first-order chi connectivity index (χ1) is 13.5. The van der Waals surface area contributed by atoms with E-state index in [0.717, 1.165) is 5.56 Å². The molecule has 3 aromatic rings. The van der Waals surface area contributed by atoms with Gasteiger partial charge in [0.2, 0.25) is 0 Å². The van der Waals surface area contributed by atoms with E-state index < -0.39 is 0 Å². The number of carbonyl (C=O) groups is 2. The summed E-state index contributed by atoms with van der Waals surface area (Å²) in [6.07, 6.45) is 0. The highest BCUT2D eigenvalue weighted by atomic mass is 79.9. The van der Waals surface area contributed by atoms with Crippen LogP contribution in [-0.2, 0) is 6.54 Å². The van der Waals surface area contributed by atoms with Crippen LogP contribution < -0.4 is 5.32 Å². The van der Waals surface area contributed by atoms with E-state index in [4.69, 9.17) is 11.6 Å². The largest absolute Gasteiger partial charge is 0.337 e. The molecule has 0 aliphatic rings. The standard InChI is InChI=1S/C22H18BrClN2O2/c1-26(14-15-10-12-16(24)13-11-15)22(28)18-7-3-5-9-20(18)25-21(27)17-6-2-4-8-19(17)23/h2-13H,14H2,1H3,(H,25,27). The Morgan fingerprint density at radius 3 is 2.21 bits per heavy atom. The number of hydrogen-bond donors (Lipinski definition) is 1. The van der Waals surface area contributed by atoms with Gasteiger partial charge in [0, 0.05) is 23.1 Å². The fourth-order valence-electron chi connectivity index (χ4n) is 2.75. The van der Waals surface area contributed by atoms with Crippen LogP contribution in [-0.4, -0.2) is 23.8 Å². The van der Waals surface area contributed by atoms with Gasteiger partial charge in [-0.25, -0.2) is 0 Å². The first kappa shape index (κ1) is 20.1. The van der Waals surface area contributed by atoms with Gasteiger partial charge in [-0.3, -0.25) is 9.59 Å². The van der Waals surface area contributed by atoms with Crippen molar-refractivity contribution in [3.05, 3.63) is 99.0 Å². The SMILES string of the molecule is CN(Cc1ccc(Cl)cc1)C(=O)c1ccccc1NC(=O)c1ccccc1Br. The second kappa shape index (κ2) is 9.04. The van der Waals surface area contributed by atoms with Crippen LogP contribution in [0.2, 0.25) is 5.02 Å². The van der Waals surface area contributed by atoms with Crippen LogP contribution in [0.4, 0.5) is 5.69 Å². The smallest absolute Gasteiger partial charge is 0.256 e. The molecule has 4 nitrogen and oxygen atoms in total. The van der Waals surface area contributed by atoms with Crippen molar-refractivity contribution in [3.63, 3.8) is 0 Å². The van der Waals surface area contributed by atoms with Crippen LogP contribution >= 0.6 is 27.5 Å². The highest BCUT2D eigenvalue weighted by Crippen LogP contribution is 2.22. The number of nitrogens with one attached hydrogen (secondary N) is 1. The predicted molar refractivity (Wildman–Crippen MR) is 116 cm³/mol. The molecule has 0 saturated heterocycles. The quantitative estimate of drug-likeness (QED) is 0.540. The third kappa shape index (κ3) is 4.80. The molecule has 0 heterocycles. The first-order valence-corrected chi connectivity index (χ1v) is 9.77. The van der Waals surface area contributed by atoms with Crippen LogP contribution in [0.15, 0.2) is 77.3 Å². The third-order valence-electron chi connectivity index (χ3n) is 4.20. The summed E-state index contributed by atoms with van der Waals surface area (Å²) in [5.41, 5.74) is 2.37. The molecule has 0 spiro atoms. The molecule has 28 heavy (non-hydrogen) atoms. The lowest BCUT2D eigenvalue weighted by molar-refractivity contribution is 0.0786. The Morgan fingerprint density at radius 1 is 0.929 bits per heavy atom. The zero-order chi connectivity index (χ0) is 20.1. The van der Waals surface area contributed by atoms with Gasteiger partial charge in [-0.15, -0.1) is 0 Å². The van der Waals surface area contributed by atoms with Gasteiger partial charge in [0.25, 0.3) is 11.8 Å². The predicted octanol–water partition coefficient (Wildman–Crippen LogP) is 5.63. The minimum atomic E-state index is -0.284. The highest BCUT2D eigenvalue weighted by molar-refractivity contribution is 9.10. The number of carbonyl (C=O) groups excluding carboxylic acids is 2. The summed E-state index contributed by atoms with van der Waals surface area (Å²) in [7, 11) is 1.73. The molecule has 0 aromatic heterocycles. The van der Waals surface area contributed by atoms with E-state index in [2.05, 4.69) is 21.2 Å². The zero-order valence-corrected chi connectivity index (χ0v) is 17.5. The maximum absolute atomic E-state index is 13.0. The second-order valence-electron chi connectivity index (χ2n) is 6.27. The molecular formula is C22H18BrClN2O2. The van der Waals surface area contributed by atoms with Crippen molar-refractivity contribution in [1.29, 1.82) is 0 Å². The molecule has 0 radical (unpaired) electrons. The molecule has 0 aliphatic heterocycles. The Kier molecular flexibility index (Phi) is 6.49. The van der Waals surface area contributed by atoms with Crippen molar-refractivity contribution in [3.8, 4) is 0 Å². The molecule has 0 aliphatic carbocycles. The molecule has 3 rings (SSSR count). The maximum Gasteiger partial charge on any atom is 0.256 e. The number of rotatable bonds is 5. The van der Waals surface area contributed by atoms with Gasteiger partial charge in [0.15, 0.2) is 0 Å². The lowest BCUT2D eigenvalue weighted by atomic mass is 10.1. The summed E-state index contributed by atoms with van der Waals surface area (Å²) in [4.78, 5) is 27.2. The van der Waals surface area contributed by atoms with E-state index in [9.17, 15) is 9.59 Å². The normalized spacial score (nSPS) is 10.4. The summed E-state index contributed by atoms with van der Waals surface area (Å²) in [6, 6.07) is 21.5. The molecule has 0 atom stereocenters. The molecule has 6 heteroatoms. The molecule has 0 saturated carbocycles. The van der Waals surface area contributed by atoms with Crippen LogP contribution in [0.3, 0.4) is 0 Å². The van der Waals surface area contributed by atoms with E-state index >= 15 is 0 Å². The van der Waals surface area contributed by atoms with Crippen molar-refractivity contribution in [2.24, 2.45) is 0 Å². The van der Waals surface area contributed by atoms with Gasteiger partial charge < -0.3 is 10.2 Å². The van der Waals surface area contributed by atoms with E-state index in [0.29, 0.717) is 32.9 Å². The molecule has 0 bridgehead atoms. The topological polar surface area (TPSA) is 49.4 Å². The van der Waals surface area contributed by atoms with Crippen molar-refractivity contribution in [2.75, 3.05) is 12.4 Å². The number of halogens is 2. The van der Waals surface area contributed by atoms with Gasteiger partial charge in [0.1, 0.15) is 0 Å². The number of nitrogens with zero attached hydrogens (tertiary/aromatic N) is 1. The second-order valence-corrected chi connectivity index (χ2v) is 7.56. The van der Waals surface area contributed by atoms with E-state index in [1.54, 1.807) is 66.5 Å². The van der Waals surface area contributed by atoms with E-state index in [1.165, 1.54) is 0 Å². The average molecular weight is 458 g/mol. The Morgan fingerprint density at radius 2 is 1.54 bits per heavy atom. The fourth-order valence-corrected chi connectivity index (χ4v) is 3.35. The van der Waals surface area contributed by atoms with Crippen LogP contribution in [0.5, 0.6) is 0 Å². The summed E-state index contributed by atoms with van der Waals surface area (Å²) >= 11 is 9.29. The van der Waals surface area contributed by atoms with Gasteiger partial charge >= 0.3 is 0 Å². The monoisotopic (exact) mass is 456 g/mol. The lowest BCUT2D eigenvalue weighted by Crippen LogP contribution is -2.27. The van der Waals surface area contributed by atoms with Crippen molar-refractivity contribution in [1.82, 2.24) is 4.90 Å². The Hall–Kier alpha value is -2.63. The summed E-state index contributed by atoms with van der Waals surface area (Å²) in [5, 5.41) is 3.49. The summed E-state index contributed by atoms with van der Waals surface area (Å²) in [6.45, 7) is 0.433. The van der Waals surface area contributed by atoms with Gasteiger partial charge in [-0.1, -0.05) is 48.0 Å². The van der Waals surface area contributed by atoms with E-state index in [-0.39, 0.29) is 11.8 Å². The molecule has 0 fully saturated rings. The number of para-hydroxylation sites is 1.